The first-order valence-electron chi connectivity index (χ1n) is 7.37. The first-order valence-corrected chi connectivity index (χ1v) is 8.16. The summed E-state index contributed by atoms with van der Waals surface area (Å²) in [7, 11) is 0. The van der Waals surface area contributed by atoms with Crippen molar-refractivity contribution in [3.05, 3.63) is 28.5 Å². The van der Waals surface area contributed by atoms with Crippen molar-refractivity contribution < 1.29 is 0 Å². The molecule has 1 aromatic heterocycles. The summed E-state index contributed by atoms with van der Waals surface area (Å²) in [5.74, 6) is 0.737. The van der Waals surface area contributed by atoms with Crippen molar-refractivity contribution in [2.45, 2.75) is 19.9 Å². The number of pyridine rings is 1. The molecule has 0 radical (unpaired) electrons. The van der Waals surface area contributed by atoms with E-state index in [4.69, 9.17) is 5.73 Å². The molecule has 0 amide bonds. The minimum absolute atomic E-state index is 0.279. The molecular formula is C15H25BrN4. The molecular weight excluding hydrogens is 316 g/mol. The van der Waals surface area contributed by atoms with Crippen LogP contribution in [0, 0.1) is 5.92 Å². The summed E-state index contributed by atoms with van der Waals surface area (Å²) in [5.41, 5.74) is 7.21. The van der Waals surface area contributed by atoms with Crippen molar-refractivity contribution in [3.8, 4) is 0 Å². The zero-order chi connectivity index (χ0) is 14.5. The van der Waals surface area contributed by atoms with Crippen LogP contribution in [0.5, 0.6) is 0 Å². The Morgan fingerprint density at radius 2 is 1.95 bits per heavy atom. The van der Waals surface area contributed by atoms with E-state index in [2.05, 4.69) is 50.6 Å². The normalized spacial score (nSPS) is 19.4. The van der Waals surface area contributed by atoms with Gasteiger partial charge in [0.15, 0.2) is 0 Å². The first-order chi connectivity index (χ1) is 9.60. The van der Waals surface area contributed by atoms with E-state index in [1.54, 1.807) is 0 Å². The Labute approximate surface area is 130 Å². The zero-order valence-corrected chi connectivity index (χ0v) is 14.0. The minimum Gasteiger partial charge on any atom is -0.329 e. The second-order valence-corrected chi connectivity index (χ2v) is 6.83. The average molecular weight is 341 g/mol. The van der Waals surface area contributed by atoms with E-state index in [0.717, 1.165) is 36.6 Å². The molecule has 1 saturated heterocycles. The van der Waals surface area contributed by atoms with Crippen LogP contribution in [0.4, 0.5) is 0 Å². The molecule has 1 aliphatic heterocycles. The van der Waals surface area contributed by atoms with Gasteiger partial charge in [-0.2, -0.15) is 0 Å². The summed E-state index contributed by atoms with van der Waals surface area (Å²) in [5, 5.41) is 0. The highest BCUT2D eigenvalue weighted by molar-refractivity contribution is 9.10. The number of halogens is 1. The van der Waals surface area contributed by atoms with Crippen molar-refractivity contribution in [1.29, 1.82) is 0 Å². The fourth-order valence-corrected chi connectivity index (χ4v) is 3.26. The second-order valence-electron chi connectivity index (χ2n) is 5.92. The number of nitrogens with two attached hydrogens (primary N) is 1. The van der Waals surface area contributed by atoms with Gasteiger partial charge < -0.3 is 10.6 Å². The van der Waals surface area contributed by atoms with Gasteiger partial charge in [-0.25, -0.2) is 0 Å². The van der Waals surface area contributed by atoms with Gasteiger partial charge in [-0.05, 0) is 33.5 Å². The summed E-state index contributed by atoms with van der Waals surface area (Å²) in [4.78, 5) is 9.30. The molecule has 0 bridgehead atoms. The van der Waals surface area contributed by atoms with Crippen LogP contribution in [0.2, 0.25) is 0 Å². The molecule has 0 spiro atoms. The van der Waals surface area contributed by atoms with E-state index in [9.17, 15) is 0 Å². The smallest absolute Gasteiger partial charge is 0.0487 e. The molecule has 2 heterocycles. The first kappa shape index (κ1) is 15.9. The van der Waals surface area contributed by atoms with Crippen molar-refractivity contribution in [3.63, 3.8) is 0 Å². The molecule has 0 saturated carbocycles. The highest BCUT2D eigenvalue weighted by Crippen LogP contribution is 2.23. The highest BCUT2D eigenvalue weighted by atomic mass is 79.9. The van der Waals surface area contributed by atoms with E-state index in [0.29, 0.717) is 6.54 Å². The Hall–Kier alpha value is -0.490. The quantitative estimate of drug-likeness (QED) is 0.891. The number of piperazine rings is 1. The van der Waals surface area contributed by atoms with Gasteiger partial charge in [0.1, 0.15) is 0 Å². The third-order valence-corrected chi connectivity index (χ3v) is 4.24. The molecule has 20 heavy (non-hydrogen) atoms. The number of aromatic nitrogens is 1. The van der Waals surface area contributed by atoms with Crippen LogP contribution in [0.3, 0.4) is 0 Å². The monoisotopic (exact) mass is 340 g/mol. The van der Waals surface area contributed by atoms with Gasteiger partial charge in [-0.1, -0.05) is 13.8 Å². The maximum absolute atomic E-state index is 6.00. The Bertz CT molecular complexity index is 416. The Morgan fingerprint density at radius 1 is 1.25 bits per heavy atom. The topological polar surface area (TPSA) is 45.4 Å². The van der Waals surface area contributed by atoms with Gasteiger partial charge in [0.25, 0.3) is 0 Å². The number of hydrogen-bond acceptors (Lipinski definition) is 4. The lowest BCUT2D eigenvalue weighted by Crippen LogP contribution is -2.49. The molecule has 1 fully saturated rings. The second kappa shape index (κ2) is 7.50. The molecule has 2 rings (SSSR count). The fourth-order valence-electron chi connectivity index (χ4n) is 2.88. The van der Waals surface area contributed by atoms with Gasteiger partial charge >= 0.3 is 0 Å². The fraction of sp³-hybridized carbons (Fsp3) is 0.667. The molecule has 1 aliphatic rings. The van der Waals surface area contributed by atoms with E-state index in [-0.39, 0.29) is 6.04 Å². The Morgan fingerprint density at radius 3 is 2.50 bits per heavy atom. The number of rotatable bonds is 5. The number of hydrogen-bond donors (Lipinski definition) is 1. The lowest BCUT2D eigenvalue weighted by atomic mass is 10.1. The lowest BCUT2D eigenvalue weighted by molar-refractivity contribution is 0.0911. The minimum atomic E-state index is 0.279. The third kappa shape index (κ3) is 4.25. The molecule has 1 aromatic rings. The third-order valence-electron chi connectivity index (χ3n) is 3.81. The van der Waals surface area contributed by atoms with Crippen LogP contribution in [0.15, 0.2) is 22.9 Å². The van der Waals surface area contributed by atoms with Gasteiger partial charge in [0.2, 0.25) is 0 Å². The molecule has 1 unspecified atom stereocenters. The van der Waals surface area contributed by atoms with Gasteiger partial charge in [0.05, 0.1) is 0 Å². The summed E-state index contributed by atoms with van der Waals surface area (Å²) in [6.07, 6.45) is 3.75. The van der Waals surface area contributed by atoms with Crippen LogP contribution in [0.25, 0.3) is 0 Å². The molecule has 2 N–H and O–H groups in total. The SMILES string of the molecule is CC(C)CN1CCN(C(CN)c2cncc(Br)c2)CC1. The van der Waals surface area contributed by atoms with Crippen LogP contribution >= 0.6 is 15.9 Å². The van der Waals surface area contributed by atoms with E-state index in [1.807, 2.05) is 12.4 Å². The Balaban J connectivity index is 1.97. The van der Waals surface area contributed by atoms with Crippen molar-refractivity contribution >= 4 is 15.9 Å². The summed E-state index contributed by atoms with van der Waals surface area (Å²) in [6.45, 7) is 10.8. The van der Waals surface area contributed by atoms with Gasteiger partial charge in [-0.3, -0.25) is 9.88 Å². The molecule has 112 valence electrons. The predicted molar refractivity (Wildman–Crippen MR) is 86.6 cm³/mol. The molecule has 0 aromatic carbocycles. The zero-order valence-electron chi connectivity index (χ0n) is 12.4. The summed E-state index contributed by atoms with van der Waals surface area (Å²) < 4.78 is 1.02. The molecule has 0 aliphatic carbocycles. The maximum Gasteiger partial charge on any atom is 0.0487 e. The van der Waals surface area contributed by atoms with Crippen LogP contribution < -0.4 is 5.73 Å². The maximum atomic E-state index is 6.00. The van der Waals surface area contributed by atoms with Crippen LogP contribution in [0.1, 0.15) is 25.5 Å². The summed E-state index contributed by atoms with van der Waals surface area (Å²) in [6, 6.07) is 2.41. The standard InChI is InChI=1S/C15H25BrN4/c1-12(2)11-19-3-5-20(6-4-19)15(8-17)13-7-14(16)10-18-9-13/h7,9-10,12,15H,3-6,8,11,17H2,1-2H3. The molecule has 4 nitrogen and oxygen atoms in total. The highest BCUT2D eigenvalue weighted by Gasteiger charge is 2.24. The van der Waals surface area contributed by atoms with E-state index in [1.165, 1.54) is 12.1 Å². The predicted octanol–water partition coefficient (Wildman–Crippen LogP) is 2.12. The van der Waals surface area contributed by atoms with Crippen LogP contribution in [-0.4, -0.2) is 54.1 Å². The van der Waals surface area contributed by atoms with Crippen molar-refractivity contribution in [1.82, 2.24) is 14.8 Å². The molecule has 1 atom stereocenters. The average Bonchev–Trinajstić information content (AvgIpc) is 2.41. The largest absolute Gasteiger partial charge is 0.329 e. The van der Waals surface area contributed by atoms with E-state index < -0.39 is 0 Å². The van der Waals surface area contributed by atoms with Crippen LogP contribution in [-0.2, 0) is 0 Å². The lowest BCUT2D eigenvalue weighted by Gasteiger charge is -2.39. The molecule has 5 heteroatoms. The van der Waals surface area contributed by atoms with E-state index >= 15 is 0 Å². The van der Waals surface area contributed by atoms with Crippen molar-refractivity contribution in [2.75, 3.05) is 39.3 Å². The summed E-state index contributed by atoms with van der Waals surface area (Å²) >= 11 is 3.49. The number of nitrogens with zero attached hydrogens (tertiary/aromatic N) is 3. The van der Waals surface area contributed by atoms with Gasteiger partial charge in [0, 0.05) is 62.2 Å². The Kier molecular flexibility index (Phi) is 5.96. The van der Waals surface area contributed by atoms with Crippen molar-refractivity contribution in [2.24, 2.45) is 11.7 Å². The van der Waals surface area contributed by atoms with Gasteiger partial charge in [-0.15, -0.1) is 0 Å².